The summed E-state index contributed by atoms with van der Waals surface area (Å²) < 4.78 is 38.0. The van der Waals surface area contributed by atoms with E-state index in [1.807, 2.05) is 35.2 Å². The number of nitrogens with one attached hydrogen (secondary N) is 2. The SMILES string of the molecule is O=C(N1CCN(c2ccc(NC(=S)NC(=O)C3(c4ccccc4)CCCC3)cc2Cl)CC1)C(F)(F)F. The first-order valence-electron chi connectivity index (χ1n) is 11.7. The summed E-state index contributed by atoms with van der Waals surface area (Å²) in [5.74, 6) is -1.97. The van der Waals surface area contributed by atoms with Gasteiger partial charge >= 0.3 is 12.1 Å². The summed E-state index contributed by atoms with van der Waals surface area (Å²) in [4.78, 5) is 27.3. The van der Waals surface area contributed by atoms with E-state index in [4.69, 9.17) is 23.8 Å². The number of rotatable bonds is 4. The summed E-state index contributed by atoms with van der Waals surface area (Å²) in [5, 5.41) is 6.36. The van der Waals surface area contributed by atoms with Crippen LogP contribution in [0.4, 0.5) is 24.5 Å². The number of hydrogen-bond donors (Lipinski definition) is 2. The van der Waals surface area contributed by atoms with E-state index in [9.17, 15) is 22.8 Å². The van der Waals surface area contributed by atoms with Crippen LogP contribution in [-0.4, -0.2) is 54.2 Å². The lowest BCUT2D eigenvalue weighted by molar-refractivity contribution is -0.185. The number of anilines is 2. The number of carbonyl (C=O) groups is 2. The molecule has 0 bridgehead atoms. The zero-order valence-electron chi connectivity index (χ0n) is 19.4. The van der Waals surface area contributed by atoms with Crippen LogP contribution >= 0.6 is 23.8 Å². The maximum Gasteiger partial charge on any atom is 0.471 e. The lowest BCUT2D eigenvalue weighted by Crippen LogP contribution is -2.52. The van der Waals surface area contributed by atoms with Crippen LogP contribution in [0.1, 0.15) is 31.2 Å². The van der Waals surface area contributed by atoms with Gasteiger partial charge in [-0.3, -0.25) is 9.59 Å². The van der Waals surface area contributed by atoms with Gasteiger partial charge in [-0.2, -0.15) is 13.2 Å². The minimum Gasteiger partial charge on any atom is -0.367 e. The maximum absolute atomic E-state index is 13.3. The Morgan fingerprint density at radius 3 is 2.19 bits per heavy atom. The van der Waals surface area contributed by atoms with Gasteiger partial charge < -0.3 is 20.4 Å². The van der Waals surface area contributed by atoms with Crippen molar-refractivity contribution in [2.45, 2.75) is 37.3 Å². The molecule has 2 aromatic rings. The van der Waals surface area contributed by atoms with Crippen LogP contribution in [0.15, 0.2) is 48.5 Å². The van der Waals surface area contributed by atoms with Crippen molar-refractivity contribution in [2.75, 3.05) is 36.4 Å². The number of halogens is 4. The zero-order valence-corrected chi connectivity index (χ0v) is 21.0. The molecule has 1 heterocycles. The number of amides is 2. The van der Waals surface area contributed by atoms with E-state index in [0.29, 0.717) is 16.4 Å². The molecule has 0 spiro atoms. The van der Waals surface area contributed by atoms with Gasteiger partial charge in [0.05, 0.1) is 16.1 Å². The van der Waals surface area contributed by atoms with Crippen LogP contribution in [0.25, 0.3) is 0 Å². The molecule has 2 fully saturated rings. The standard InChI is InChI=1S/C25H26ClF3N4O2S/c26-19-16-18(8-9-20(19)32-12-14-33(15-13-32)22(35)25(27,28)29)30-23(36)31-21(34)24(10-4-5-11-24)17-6-2-1-3-7-17/h1-3,6-9,16H,4-5,10-15H2,(H2,30,31,34,36). The Morgan fingerprint density at radius 1 is 0.972 bits per heavy atom. The predicted octanol–water partition coefficient (Wildman–Crippen LogP) is 4.88. The van der Waals surface area contributed by atoms with E-state index < -0.39 is 17.5 Å². The van der Waals surface area contributed by atoms with Crippen molar-refractivity contribution in [3.05, 3.63) is 59.1 Å². The summed E-state index contributed by atoms with van der Waals surface area (Å²) in [6.45, 7) is 0.358. The lowest BCUT2D eigenvalue weighted by atomic mass is 9.78. The van der Waals surface area contributed by atoms with E-state index in [2.05, 4.69) is 10.6 Å². The molecule has 36 heavy (non-hydrogen) atoms. The van der Waals surface area contributed by atoms with E-state index in [-0.39, 0.29) is 37.2 Å². The first-order valence-corrected chi connectivity index (χ1v) is 12.5. The van der Waals surface area contributed by atoms with Crippen LogP contribution in [-0.2, 0) is 15.0 Å². The van der Waals surface area contributed by atoms with E-state index in [0.717, 1.165) is 36.1 Å². The highest BCUT2D eigenvalue weighted by Crippen LogP contribution is 2.41. The second-order valence-electron chi connectivity index (χ2n) is 9.01. The molecule has 2 N–H and O–H groups in total. The molecule has 2 aromatic carbocycles. The Hall–Kier alpha value is -2.85. The van der Waals surface area contributed by atoms with Crippen LogP contribution in [0.2, 0.25) is 5.02 Å². The van der Waals surface area contributed by atoms with Crippen LogP contribution in [0.5, 0.6) is 0 Å². The first-order chi connectivity index (χ1) is 17.1. The molecule has 1 saturated heterocycles. The summed E-state index contributed by atoms with van der Waals surface area (Å²) >= 11 is 11.8. The van der Waals surface area contributed by atoms with Gasteiger partial charge in [0.15, 0.2) is 5.11 Å². The van der Waals surface area contributed by atoms with Crippen molar-refractivity contribution in [2.24, 2.45) is 0 Å². The molecular formula is C25H26ClF3N4O2S. The van der Waals surface area contributed by atoms with Crippen molar-refractivity contribution in [3.8, 4) is 0 Å². The third-order valence-corrected chi connectivity index (χ3v) is 7.31. The topological polar surface area (TPSA) is 64.7 Å². The summed E-state index contributed by atoms with van der Waals surface area (Å²) in [6, 6.07) is 14.8. The third-order valence-electron chi connectivity index (χ3n) is 6.80. The van der Waals surface area contributed by atoms with Gasteiger partial charge in [-0.15, -0.1) is 0 Å². The molecule has 2 aliphatic rings. The van der Waals surface area contributed by atoms with Gasteiger partial charge in [0, 0.05) is 31.9 Å². The van der Waals surface area contributed by atoms with Crippen molar-refractivity contribution in [1.29, 1.82) is 0 Å². The average molecular weight is 539 g/mol. The Bertz CT molecular complexity index is 1130. The highest BCUT2D eigenvalue weighted by Gasteiger charge is 2.44. The fraction of sp³-hybridized carbons (Fsp3) is 0.400. The van der Waals surface area contributed by atoms with Gasteiger partial charge in [0.2, 0.25) is 5.91 Å². The molecule has 0 unspecified atom stereocenters. The molecule has 1 aliphatic carbocycles. The van der Waals surface area contributed by atoms with Crippen molar-refractivity contribution in [3.63, 3.8) is 0 Å². The zero-order chi connectivity index (χ0) is 25.9. The van der Waals surface area contributed by atoms with E-state index in [1.165, 1.54) is 0 Å². The largest absolute Gasteiger partial charge is 0.471 e. The Balaban J connectivity index is 1.37. The van der Waals surface area contributed by atoms with E-state index in [1.54, 1.807) is 18.2 Å². The number of nitrogens with zero attached hydrogens (tertiary/aromatic N) is 2. The number of carbonyl (C=O) groups excluding carboxylic acids is 2. The van der Waals surface area contributed by atoms with Gasteiger partial charge in [-0.1, -0.05) is 54.8 Å². The maximum atomic E-state index is 13.3. The highest BCUT2D eigenvalue weighted by molar-refractivity contribution is 7.80. The Morgan fingerprint density at radius 2 is 1.61 bits per heavy atom. The minimum atomic E-state index is -4.88. The van der Waals surface area contributed by atoms with Gasteiger partial charge in [0.1, 0.15) is 0 Å². The fourth-order valence-corrected chi connectivity index (χ4v) is 5.45. The summed E-state index contributed by atoms with van der Waals surface area (Å²) in [7, 11) is 0. The normalized spacial score (nSPS) is 17.6. The molecule has 0 atom stereocenters. The fourth-order valence-electron chi connectivity index (χ4n) is 4.94. The lowest BCUT2D eigenvalue weighted by Gasteiger charge is -2.36. The smallest absolute Gasteiger partial charge is 0.367 e. The average Bonchev–Trinajstić information content (AvgIpc) is 3.35. The minimum absolute atomic E-state index is 0.0477. The van der Waals surface area contributed by atoms with Gasteiger partial charge in [0.25, 0.3) is 0 Å². The van der Waals surface area contributed by atoms with Crippen LogP contribution in [0.3, 0.4) is 0 Å². The molecule has 6 nitrogen and oxygen atoms in total. The summed E-state index contributed by atoms with van der Waals surface area (Å²) in [6.07, 6.45) is -1.42. The first kappa shape index (κ1) is 26.2. The number of thiocarbonyl (C=S) groups is 1. The number of piperazine rings is 1. The van der Waals surface area contributed by atoms with Gasteiger partial charge in [-0.05, 0) is 48.8 Å². The predicted molar refractivity (Wildman–Crippen MR) is 137 cm³/mol. The monoisotopic (exact) mass is 538 g/mol. The molecule has 192 valence electrons. The number of hydrogen-bond acceptors (Lipinski definition) is 4. The molecule has 1 saturated carbocycles. The van der Waals surface area contributed by atoms with E-state index >= 15 is 0 Å². The van der Waals surface area contributed by atoms with Crippen molar-refractivity contribution >= 4 is 52.1 Å². The number of alkyl halides is 3. The molecular weight excluding hydrogens is 513 g/mol. The molecule has 4 rings (SSSR count). The van der Waals surface area contributed by atoms with Crippen molar-refractivity contribution < 1.29 is 22.8 Å². The molecule has 0 aromatic heterocycles. The highest BCUT2D eigenvalue weighted by atomic mass is 35.5. The second kappa shape index (κ2) is 10.6. The molecule has 0 radical (unpaired) electrons. The Kier molecular flexibility index (Phi) is 7.75. The second-order valence-corrected chi connectivity index (χ2v) is 9.82. The molecule has 2 amide bonds. The van der Waals surface area contributed by atoms with Crippen LogP contribution in [0, 0.1) is 0 Å². The molecule has 1 aliphatic heterocycles. The quantitative estimate of drug-likeness (QED) is 0.544. The number of benzene rings is 2. The van der Waals surface area contributed by atoms with Gasteiger partial charge in [-0.25, -0.2) is 0 Å². The third kappa shape index (κ3) is 5.59. The van der Waals surface area contributed by atoms with Crippen molar-refractivity contribution in [1.82, 2.24) is 10.2 Å². The Labute approximate surface area is 217 Å². The molecule has 11 heteroatoms. The summed E-state index contributed by atoms with van der Waals surface area (Å²) in [5.41, 5.74) is 1.59. The van der Waals surface area contributed by atoms with Crippen LogP contribution < -0.4 is 15.5 Å².